The fourth-order valence-electron chi connectivity index (χ4n) is 2.80. The Bertz CT molecular complexity index is 1140. The minimum Gasteiger partial charge on any atom is -0.824 e. The Balaban J connectivity index is 1.76. The van der Waals surface area contributed by atoms with Gasteiger partial charge in [0, 0.05) is 24.8 Å². The molecule has 0 spiro atoms. The van der Waals surface area contributed by atoms with Gasteiger partial charge in [-0.2, -0.15) is 17.7 Å². The second-order valence-corrected chi connectivity index (χ2v) is 6.36. The van der Waals surface area contributed by atoms with Crippen LogP contribution in [0.5, 0.6) is 6.01 Å². The van der Waals surface area contributed by atoms with Gasteiger partial charge in [-0.05, 0) is 28.9 Å². The highest BCUT2D eigenvalue weighted by molar-refractivity contribution is 6.29. The van der Waals surface area contributed by atoms with Crippen LogP contribution in [-0.4, -0.2) is 19.6 Å². The average molecular weight is 406 g/mol. The predicted molar refractivity (Wildman–Crippen MR) is 91.0 cm³/mol. The lowest BCUT2D eigenvalue weighted by molar-refractivity contribution is -0.632. The minimum atomic E-state index is -4.50. The molecule has 0 aromatic carbocycles. The Kier molecular flexibility index (Phi) is 4.38. The normalized spacial score (nSPS) is 11.9. The Morgan fingerprint density at radius 2 is 1.86 bits per heavy atom. The molecule has 4 rings (SSSR count). The van der Waals surface area contributed by atoms with Gasteiger partial charge in [0.25, 0.3) is 0 Å². The van der Waals surface area contributed by atoms with Crippen LogP contribution in [0.1, 0.15) is 16.8 Å². The highest BCUT2D eigenvalue weighted by Gasteiger charge is 2.32. The SMILES string of the molecule is [O-]c1nn2c(Cc3ccc(Cl)nc3)cccc2[n+]1-c1ccc(C(F)(F)F)cn1. The van der Waals surface area contributed by atoms with Gasteiger partial charge in [-0.3, -0.25) is 0 Å². The van der Waals surface area contributed by atoms with Crippen molar-refractivity contribution < 1.29 is 22.8 Å². The zero-order valence-electron chi connectivity index (χ0n) is 14.1. The molecule has 28 heavy (non-hydrogen) atoms. The number of fused-ring (bicyclic) bond motifs is 1. The summed E-state index contributed by atoms with van der Waals surface area (Å²) in [6.07, 6.45) is -1.76. The molecule has 0 saturated carbocycles. The molecule has 6 nitrogen and oxygen atoms in total. The zero-order chi connectivity index (χ0) is 19.9. The molecule has 0 amide bonds. The number of pyridine rings is 3. The Morgan fingerprint density at radius 1 is 1.04 bits per heavy atom. The van der Waals surface area contributed by atoms with Gasteiger partial charge in [-0.25, -0.2) is 4.98 Å². The van der Waals surface area contributed by atoms with E-state index in [0.717, 1.165) is 22.3 Å². The molecule has 0 bridgehead atoms. The number of aromatic nitrogens is 5. The average Bonchev–Trinajstić information content (AvgIpc) is 3.00. The molecule has 0 radical (unpaired) electrons. The van der Waals surface area contributed by atoms with Crippen LogP contribution in [0.2, 0.25) is 5.15 Å². The highest BCUT2D eigenvalue weighted by atomic mass is 35.5. The van der Waals surface area contributed by atoms with Crippen LogP contribution in [0.3, 0.4) is 0 Å². The topological polar surface area (TPSA) is 70.0 Å². The Morgan fingerprint density at radius 3 is 2.50 bits per heavy atom. The molecule has 0 atom stereocenters. The lowest BCUT2D eigenvalue weighted by atomic mass is 10.1. The van der Waals surface area contributed by atoms with E-state index < -0.39 is 17.8 Å². The minimum absolute atomic E-state index is 0.0540. The molecule has 0 saturated heterocycles. The predicted octanol–water partition coefficient (Wildman–Crippen LogP) is 2.74. The fraction of sp³-hybridized carbons (Fsp3) is 0.111. The lowest BCUT2D eigenvalue weighted by Gasteiger charge is -2.06. The van der Waals surface area contributed by atoms with Crippen molar-refractivity contribution in [3.8, 4) is 11.8 Å². The molecule has 142 valence electrons. The maximum absolute atomic E-state index is 12.7. The van der Waals surface area contributed by atoms with Crippen LogP contribution in [-0.2, 0) is 12.6 Å². The largest absolute Gasteiger partial charge is 0.824 e. The summed E-state index contributed by atoms with van der Waals surface area (Å²) in [4.78, 5) is 7.81. The quantitative estimate of drug-likeness (QED) is 0.388. The second kappa shape index (κ2) is 6.75. The molecule has 0 fully saturated rings. The van der Waals surface area contributed by atoms with Crippen LogP contribution in [0.25, 0.3) is 11.5 Å². The summed E-state index contributed by atoms with van der Waals surface area (Å²) in [7, 11) is 0. The molecular formula is C18H11ClF3N5O. The molecular weight excluding hydrogens is 395 g/mol. The fourth-order valence-corrected chi connectivity index (χ4v) is 2.91. The summed E-state index contributed by atoms with van der Waals surface area (Å²) in [5.41, 5.74) is 1.05. The van der Waals surface area contributed by atoms with Crippen molar-refractivity contribution in [3.05, 3.63) is 76.8 Å². The second-order valence-electron chi connectivity index (χ2n) is 5.97. The molecule has 0 unspecified atom stereocenters. The highest BCUT2D eigenvalue weighted by Crippen LogP contribution is 2.28. The number of rotatable bonds is 3. The molecule has 4 aromatic heterocycles. The van der Waals surface area contributed by atoms with Crippen LogP contribution in [0.4, 0.5) is 13.2 Å². The third-order valence-corrected chi connectivity index (χ3v) is 4.33. The lowest BCUT2D eigenvalue weighted by Crippen LogP contribution is -2.34. The summed E-state index contributed by atoms with van der Waals surface area (Å²) < 4.78 is 40.8. The van der Waals surface area contributed by atoms with Gasteiger partial charge in [0.1, 0.15) is 10.8 Å². The number of alkyl halides is 3. The monoisotopic (exact) mass is 405 g/mol. The summed E-state index contributed by atoms with van der Waals surface area (Å²) >= 11 is 5.79. The first-order chi connectivity index (χ1) is 13.3. The maximum atomic E-state index is 12.7. The maximum Gasteiger partial charge on any atom is 0.418 e. The first-order valence-electron chi connectivity index (χ1n) is 8.07. The van der Waals surface area contributed by atoms with Crippen molar-refractivity contribution in [3.63, 3.8) is 0 Å². The van der Waals surface area contributed by atoms with E-state index in [2.05, 4.69) is 15.1 Å². The van der Waals surface area contributed by atoms with E-state index in [1.54, 1.807) is 36.5 Å². The number of halogens is 4. The third kappa shape index (κ3) is 3.36. The van der Waals surface area contributed by atoms with Crippen molar-refractivity contribution in [2.75, 3.05) is 0 Å². The van der Waals surface area contributed by atoms with Crippen molar-refractivity contribution in [1.82, 2.24) is 19.6 Å². The number of hydrogen-bond donors (Lipinski definition) is 0. The first kappa shape index (κ1) is 18.2. The van der Waals surface area contributed by atoms with E-state index in [1.165, 1.54) is 4.52 Å². The zero-order valence-corrected chi connectivity index (χ0v) is 14.8. The van der Waals surface area contributed by atoms with Crippen LogP contribution >= 0.6 is 11.6 Å². The van der Waals surface area contributed by atoms with Gasteiger partial charge >= 0.3 is 6.18 Å². The van der Waals surface area contributed by atoms with Gasteiger partial charge in [-0.15, -0.1) is 9.50 Å². The molecule has 4 aromatic rings. The molecule has 0 N–H and O–H groups in total. The van der Waals surface area contributed by atoms with Gasteiger partial charge < -0.3 is 5.11 Å². The van der Waals surface area contributed by atoms with Crippen LogP contribution in [0.15, 0.2) is 54.9 Å². The van der Waals surface area contributed by atoms with E-state index in [1.807, 2.05) is 0 Å². The van der Waals surface area contributed by atoms with E-state index >= 15 is 0 Å². The van der Waals surface area contributed by atoms with Gasteiger partial charge in [0.15, 0.2) is 0 Å². The Hall–Kier alpha value is -3.20. The van der Waals surface area contributed by atoms with E-state index in [4.69, 9.17) is 11.6 Å². The van der Waals surface area contributed by atoms with E-state index in [0.29, 0.717) is 29.1 Å². The van der Waals surface area contributed by atoms with Crippen LogP contribution < -0.4 is 9.67 Å². The van der Waals surface area contributed by atoms with Gasteiger partial charge in [-0.1, -0.05) is 23.7 Å². The molecule has 0 aliphatic heterocycles. The summed E-state index contributed by atoms with van der Waals surface area (Å²) in [6.45, 7) is 0. The molecule has 0 aliphatic carbocycles. The first-order valence-corrected chi connectivity index (χ1v) is 8.44. The van der Waals surface area contributed by atoms with E-state index in [9.17, 15) is 18.3 Å². The summed E-state index contributed by atoms with van der Waals surface area (Å²) in [5.74, 6) is 0.0540. The smallest absolute Gasteiger partial charge is 0.418 e. The summed E-state index contributed by atoms with van der Waals surface area (Å²) in [6, 6.07) is 10.00. The third-order valence-electron chi connectivity index (χ3n) is 4.11. The van der Waals surface area contributed by atoms with Gasteiger partial charge in [0.05, 0.1) is 11.8 Å². The van der Waals surface area contributed by atoms with Crippen molar-refractivity contribution >= 4 is 17.2 Å². The molecule has 4 heterocycles. The molecule has 0 aliphatic rings. The van der Waals surface area contributed by atoms with Crippen molar-refractivity contribution in [2.24, 2.45) is 0 Å². The summed E-state index contributed by atoms with van der Waals surface area (Å²) in [5, 5.41) is 16.8. The number of hydrogen-bond acceptors (Lipinski definition) is 4. The van der Waals surface area contributed by atoms with Crippen LogP contribution in [0, 0.1) is 0 Å². The van der Waals surface area contributed by atoms with Crippen molar-refractivity contribution in [2.45, 2.75) is 12.6 Å². The van der Waals surface area contributed by atoms with E-state index in [-0.39, 0.29) is 5.82 Å². The standard InChI is InChI=1S/C18H11ClF3N5O/c19-14-6-4-11(9-23-14)8-13-2-1-3-16-26(17(28)25-27(13)16)15-7-5-12(10-24-15)18(20,21)22/h1-7,9-10H,8H2. The molecule has 10 heteroatoms. The van der Waals surface area contributed by atoms with Gasteiger partial charge in [0.2, 0.25) is 17.5 Å². The number of nitrogens with zero attached hydrogens (tertiary/aromatic N) is 5. The Labute approximate surface area is 161 Å². The van der Waals surface area contributed by atoms with Crippen molar-refractivity contribution in [1.29, 1.82) is 0 Å².